The van der Waals surface area contributed by atoms with Crippen LogP contribution in [0.2, 0.25) is 0 Å². The summed E-state index contributed by atoms with van der Waals surface area (Å²) >= 11 is 0. The number of carbonyl (C=O) groups is 1. The molecule has 0 radical (unpaired) electrons. The van der Waals surface area contributed by atoms with Crippen LogP contribution in [-0.4, -0.2) is 31.5 Å². The maximum absolute atomic E-state index is 12.7. The normalized spacial score (nSPS) is 25.7. The van der Waals surface area contributed by atoms with Gasteiger partial charge in [-0.05, 0) is 43.7 Å². The van der Waals surface area contributed by atoms with Gasteiger partial charge in [0.05, 0.1) is 11.9 Å². The number of aliphatic hydroxyl groups is 1. The van der Waals surface area contributed by atoms with E-state index >= 15 is 0 Å². The summed E-state index contributed by atoms with van der Waals surface area (Å²) in [7, 11) is 0. The second kappa shape index (κ2) is 5.41. The summed E-state index contributed by atoms with van der Waals surface area (Å²) in [6.45, 7) is 2.15. The molecule has 1 fully saturated rings. The maximum Gasteiger partial charge on any atom is 0.214 e. The van der Waals surface area contributed by atoms with Gasteiger partial charge in [-0.3, -0.25) is 4.79 Å². The molecule has 5 heteroatoms. The number of para-hydroxylation sites is 1. The number of hydrogen-bond donors (Lipinski definition) is 1. The molecule has 1 heterocycles. The zero-order valence-electron chi connectivity index (χ0n) is 12.1. The SMILES string of the molecule is CC1CCC(O)(C(=O)c2cnnn2-c2ccccc2)CC1. The van der Waals surface area contributed by atoms with E-state index in [1.165, 1.54) is 10.9 Å². The number of hydrogen-bond acceptors (Lipinski definition) is 4. The second-order valence-corrected chi connectivity index (χ2v) is 5.91. The van der Waals surface area contributed by atoms with Crippen molar-refractivity contribution in [3.63, 3.8) is 0 Å². The van der Waals surface area contributed by atoms with Crippen LogP contribution >= 0.6 is 0 Å². The molecule has 21 heavy (non-hydrogen) atoms. The average Bonchev–Trinajstić information content (AvgIpc) is 3.00. The van der Waals surface area contributed by atoms with Crippen LogP contribution in [0, 0.1) is 5.92 Å². The molecule has 1 aromatic heterocycles. The summed E-state index contributed by atoms with van der Waals surface area (Å²) in [4.78, 5) is 12.7. The molecule has 0 atom stereocenters. The van der Waals surface area contributed by atoms with Crippen molar-refractivity contribution in [2.45, 2.75) is 38.2 Å². The number of nitrogens with zero attached hydrogens (tertiary/aromatic N) is 3. The topological polar surface area (TPSA) is 68.0 Å². The Morgan fingerprint density at radius 3 is 2.62 bits per heavy atom. The van der Waals surface area contributed by atoms with Gasteiger partial charge >= 0.3 is 0 Å². The minimum Gasteiger partial charge on any atom is -0.382 e. The van der Waals surface area contributed by atoms with E-state index in [9.17, 15) is 9.90 Å². The van der Waals surface area contributed by atoms with Gasteiger partial charge in [0.2, 0.25) is 5.78 Å². The Hall–Kier alpha value is -2.01. The van der Waals surface area contributed by atoms with Crippen LogP contribution in [0.15, 0.2) is 36.5 Å². The van der Waals surface area contributed by atoms with Gasteiger partial charge in [0.25, 0.3) is 0 Å². The van der Waals surface area contributed by atoms with E-state index in [4.69, 9.17) is 0 Å². The lowest BCUT2D eigenvalue weighted by molar-refractivity contribution is 0.00359. The van der Waals surface area contributed by atoms with Crippen molar-refractivity contribution in [1.82, 2.24) is 15.0 Å². The number of ketones is 1. The summed E-state index contributed by atoms with van der Waals surface area (Å²) in [5, 5.41) is 18.5. The van der Waals surface area contributed by atoms with Crippen LogP contribution in [0.1, 0.15) is 43.1 Å². The third-order valence-corrected chi connectivity index (χ3v) is 4.31. The van der Waals surface area contributed by atoms with E-state index in [0.717, 1.165) is 18.5 Å². The first-order chi connectivity index (χ1) is 10.1. The summed E-state index contributed by atoms with van der Waals surface area (Å²) in [5.74, 6) is 0.290. The molecular formula is C16H19N3O2. The van der Waals surface area contributed by atoms with E-state index in [2.05, 4.69) is 17.2 Å². The molecule has 1 N–H and O–H groups in total. The van der Waals surface area contributed by atoms with Gasteiger partial charge in [0.15, 0.2) is 0 Å². The van der Waals surface area contributed by atoms with Gasteiger partial charge in [-0.2, -0.15) is 0 Å². The molecule has 0 unspecified atom stereocenters. The number of carbonyl (C=O) groups excluding carboxylic acids is 1. The van der Waals surface area contributed by atoms with E-state index in [0.29, 0.717) is 24.5 Å². The number of Topliss-reactive ketones (excluding diaryl/α,β-unsaturated/α-hetero) is 1. The highest BCUT2D eigenvalue weighted by atomic mass is 16.3. The van der Waals surface area contributed by atoms with E-state index in [-0.39, 0.29) is 5.78 Å². The second-order valence-electron chi connectivity index (χ2n) is 5.91. The fourth-order valence-electron chi connectivity index (χ4n) is 2.85. The fourth-order valence-corrected chi connectivity index (χ4v) is 2.85. The standard InChI is InChI=1S/C16H19N3O2/c1-12-7-9-16(21,10-8-12)15(20)14-11-17-18-19(14)13-5-3-2-4-6-13/h2-6,11-12,21H,7-10H2,1H3. The molecular weight excluding hydrogens is 266 g/mol. The number of aromatic nitrogens is 3. The maximum atomic E-state index is 12.7. The molecule has 1 aliphatic carbocycles. The quantitative estimate of drug-likeness (QED) is 0.879. The monoisotopic (exact) mass is 285 g/mol. The van der Waals surface area contributed by atoms with Crippen molar-refractivity contribution in [2.75, 3.05) is 0 Å². The van der Waals surface area contributed by atoms with Crippen LogP contribution in [0.4, 0.5) is 0 Å². The molecule has 0 bridgehead atoms. The van der Waals surface area contributed by atoms with Crippen LogP contribution in [0.3, 0.4) is 0 Å². The van der Waals surface area contributed by atoms with Crippen molar-refractivity contribution in [3.8, 4) is 5.69 Å². The first-order valence-electron chi connectivity index (χ1n) is 7.33. The van der Waals surface area contributed by atoms with Crippen LogP contribution < -0.4 is 0 Å². The Bertz CT molecular complexity index is 628. The van der Waals surface area contributed by atoms with Crippen molar-refractivity contribution in [1.29, 1.82) is 0 Å². The van der Waals surface area contributed by atoms with Gasteiger partial charge in [0, 0.05) is 0 Å². The van der Waals surface area contributed by atoms with Crippen LogP contribution in [0.25, 0.3) is 5.69 Å². The molecule has 2 aromatic rings. The fraction of sp³-hybridized carbons (Fsp3) is 0.438. The minimum absolute atomic E-state index is 0.275. The average molecular weight is 285 g/mol. The van der Waals surface area contributed by atoms with E-state index in [1.807, 2.05) is 30.3 Å². The Morgan fingerprint density at radius 2 is 1.95 bits per heavy atom. The molecule has 0 amide bonds. The highest BCUT2D eigenvalue weighted by molar-refractivity contribution is 6.01. The Morgan fingerprint density at radius 1 is 1.29 bits per heavy atom. The summed E-state index contributed by atoms with van der Waals surface area (Å²) in [5.41, 5.74) is -0.162. The molecule has 1 aromatic carbocycles. The predicted molar refractivity (Wildman–Crippen MR) is 78.3 cm³/mol. The highest BCUT2D eigenvalue weighted by Crippen LogP contribution is 2.34. The number of rotatable bonds is 3. The molecule has 0 spiro atoms. The number of benzene rings is 1. The first-order valence-corrected chi connectivity index (χ1v) is 7.33. The lowest BCUT2D eigenvalue weighted by Crippen LogP contribution is -2.42. The van der Waals surface area contributed by atoms with E-state index in [1.54, 1.807) is 0 Å². The Kier molecular flexibility index (Phi) is 3.59. The Labute approximate surface area is 123 Å². The lowest BCUT2D eigenvalue weighted by Gasteiger charge is -2.33. The zero-order chi connectivity index (χ0) is 14.9. The lowest BCUT2D eigenvalue weighted by atomic mass is 9.76. The van der Waals surface area contributed by atoms with Gasteiger partial charge in [-0.25, -0.2) is 4.68 Å². The van der Waals surface area contributed by atoms with Crippen molar-refractivity contribution in [2.24, 2.45) is 5.92 Å². The van der Waals surface area contributed by atoms with Gasteiger partial charge in [-0.15, -0.1) is 5.10 Å². The van der Waals surface area contributed by atoms with Crippen molar-refractivity contribution in [3.05, 3.63) is 42.2 Å². The van der Waals surface area contributed by atoms with Crippen molar-refractivity contribution < 1.29 is 9.90 Å². The third kappa shape index (κ3) is 2.61. The predicted octanol–water partition coefficient (Wildman–Crippen LogP) is 2.39. The van der Waals surface area contributed by atoms with Crippen LogP contribution in [0.5, 0.6) is 0 Å². The van der Waals surface area contributed by atoms with Gasteiger partial charge in [0.1, 0.15) is 11.3 Å². The highest BCUT2D eigenvalue weighted by Gasteiger charge is 2.41. The van der Waals surface area contributed by atoms with Crippen LogP contribution in [-0.2, 0) is 0 Å². The first kappa shape index (κ1) is 13.9. The molecule has 0 aliphatic heterocycles. The molecule has 5 nitrogen and oxygen atoms in total. The minimum atomic E-state index is -1.28. The molecule has 1 saturated carbocycles. The summed E-state index contributed by atoms with van der Waals surface area (Å²) in [6.07, 6.45) is 4.19. The molecule has 3 rings (SSSR count). The largest absolute Gasteiger partial charge is 0.382 e. The van der Waals surface area contributed by atoms with Gasteiger partial charge < -0.3 is 5.11 Å². The molecule has 110 valence electrons. The summed E-state index contributed by atoms with van der Waals surface area (Å²) in [6, 6.07) is 9.37. The molecule has 0 saturated heterocycles. The molecule has 1 aliphatic rings. The van der Waals surface area contributed by atoms with Crippen molar-refractivity contribution >= 4 is 5.78 Å². The smallest absolute Gasteiger partial charge is 0.214 e. The van der Waals surface area contributed by atoms with E-state index < -0.39 is 5.60 Å². The Balaban J connectivity index is 1.91. The van der Waals surface area contributed by atoms with Gasteiger partial charge in [-0.1, -0.05) is 30.3 Å². The third-order valence-electron chi connectivity index (χ3n) is 4.31. The summed E-state index contributed by atoms with van der Waals surface area (Å²) < 4.78 is 1.50. The zero-order valence-corrected chi connectivity index (χ0v) is 12.1.